The molecule has 1 heterocycles. The molecule has 3 aromatic rings. The minimum absolute atomic E-state index is 0.0949. The second-order valence-electron chi connectivity index (χ2n) is 6.04. The van der Waals surface area contributed by atoms with Crippen molar-refractivity contribution in [1.29, 1.82) is 0 Å². The van der Waals surface area contributed by atoms with Crippen LogP contribution in [0.5, 0.6) is 5.75 Å². The highest BCUT2D eigenvalue weighted by atomic mass is 16.5. The molecular formula is C20H22N2O3. The van der Waals surface area contributed by atoms with Crippen LogP contribution in [0.1, 0.15) is 11.1 Å². The topological polar surface area (TPSA) is 74.4 Å². The van der Waals surface area contributed by atoms with Crippen molar-refractivity contribution in [2.45, 2.75) is 18.9 Å². The Morgan fingerprint density at radius 3 is 2.76 bits per heavy atom. The van der Waals surface area contributed by atoms with Crippen LogP contribution in [0.2, 0.25) is 0 Å². The maximum absolute atomic E-state index is 12.4. The summed E-state index contributed by atoms with van der Waals surface area (Å²) in [6, 6.07) is 15.3. The Morgan fingerprint density at radius 2 is 2.04 bits per heavy atom. The first kappa shape index (κ1) is 17.0. The minimum atomic E-state index is -0.297. The standard InChI is InChI=1S/C20H22N2O3/c1-25-17-7-8-19-18(11-17)15(12-21-19)10-20(24)22-16(13-23)9-14-5-3-2-4-6-14/h2-8,11-12,16,21,23H,9-10,13H2,1H3,(H,22,24). The van der Waals surface area contributed by atoms with Gasteiger partial charge in [-0.05, 0) is 35.7 Å². The lowest BCUT2D eigenvalue weighted by Gasteiger charge is -2.16. The zero-order chi connectivity index (χ0) is 17.6. The minimum Gasteiger partial charge on any atom is -0.497 e. The Kier molecular flexibility index (Phi) is 5.36. The van der Waals surface area contributed by atoms with E-state index in [0.717, 1.165) is 27.8 Å². The van der Waals surface area contributed by atoms with E-state index in [-0.39, 0.29) is 25.0 Å². The maximum atomic E-state index is 12.4. The monoisotopic (exact) mass is 338 g/mol. The Balaban J connectivity index is 1.67. The molecule has 3 N–H and O–H groups in total. The molecule has 1 atom stereocenters. The zero-order valence-electron chi connectivity index (χ0n) is 14.2. The summed E-state index contributed by atoms with van der Waals surface area (Å²) < 4.78 is 5.25. The molecule has 0 bridgehead atoms. The van der Waals surface area contributed by atoms with Gasteiger partial charge in [0, 0.05) is 17.1 Å². The molecule has 25 heavy (non-hydrogen) atoms. The van der Waals surface area contributed by atoms with Crippen molar-refractivity contribution in [2.75, 3.05) is 13.7 Å². The molecule has 0 fully saturated rings. The third-order valence-electron chi connectivity index (χ3n) is 4.24. The summed E-state index contributed by atoms with van der Waals surface area (Å²) in [5, 5.41) is 13.4. The van der Waals surface area contributed by atoms with Gasteiger partial charge < -0.3 is 20.1 Å². The number of aliphatic hydroxyl groups is 1. The lowest BCUT2D eigenvalue weighted by molar-refractivity contribution is -0.121. The van der Waals surface area contributed by atoms with Crippen molar-refractivity contribution in [1.82, 2.24) is 10.3 Å². The Morgan fingerprint density at radius 1 is 1.24 bits per heavy atom. The van der Waals surface area contributed by atoms with Crippen molar-refractivity contribution >= 4 is 16.8 Å². The van der Waals surface area contributed by atoms with Gasteiger partial charge in [-0.15, -0.1) is 0 Å². The number of rotatable bonds is 7. The van der Waals surface area contributed by atoms with Gasteiger partial charge in [-0.25, -0.2) is 0 Å². The number of aromatic nitrogens is 1. The van der Waals surface area contributed by atoms with Crippen LogP contribution in [0.3, 0.4) is 0 Å². The van der Waals surface area contributed by atoms with Crippen LogP contribution in [-0.2, 0) is 17.6 Å². The van der Waals surface area contributed by atoms with Gasteiger partial charge in [0.05, 0.1) is 26.2 Å². The van der Waals surface area contributed by atoms with Crippen LogP contribution < -0.4 is 10.1 Å². The summed E-state index contributed by atoms with van der Waals surface area (Å²) in [6.07, 6.45) is 2.69. The molecule has 0 saturated heterocycles. The molecule has 0 aliphatic heterocycles. The predicted octanol–water partition coefficient (Wildman–Crippen LogP) is 2.44. The van der Waals surface area contributed by atoms with E-state index in [2.05, 4.69) is 10.3 Å². The molecule has 0 aliphatic carbocycles. The normalized spacial score (nSPS) is 12.1. The second kappa shape index (κ2) is 7.85. The molecule has 5 nitrogen and oxygen atoms in total. The van der Waals surface area contributed by atoms with Crippen LogP contribution in [0.4, 0.5) is 0 Å². The van der Waals surface area contributed by atoms with Crippen molar-refractivity contribution < 1.29 is 14.6 Å². The number of hydrogen-bond donors (Lipinski definition) is 3. The van der Waals surface area contributed by atoms with Gasteiger partial charge in [-0.3, -0.25) is 4.79 Å². The van der Waals surface area contributed by atoms with E-state index in [4.69, 9.17) is 4.74 Å². The van der Waals surface area contributed by atoms with E-state index in [1.165, 1.54) is 0 Å². The zero-order valence-corrected chi connectivity index (χ0v) is 14.2. The number of nitrogens with one attached hydrogen (secondary N) is 2. The van der Waals surface area contributed by atoms with E-state index >= 15 is 0 Å². The van der Waals surface area contributed by atoms with Gasteiger partial charge >= 0.3 is 0 Å². The largest absolute Gasteiger partial charge is 0.497 e. The van der Waals surface area contributed by atoms with Gasteiger partial charge in [0.25, 0.3) is 0 Å². The van der Waals surface area contributed by atoms with E-state index in [9.17, 15) is 9.90 Å². The molecule has 0 radical (unpaired) electrons. The van der Waals surface area contributed by atoms with Crippen molar-refractivity contribution in [3.05, 3.63) is 65.9 Å². The van der Waals surface area contributed by atoms with Crippen LogP contribution in [0.25, 0.3) is 10.9 Å². The number of aromatic amines is 1. The fraction of sp³-hybridized carbons (Fsp3) is 0.250. The van der Waals surface area contributed by atoms with E-state index in [0.29, 0.717) is 6.42 Å². The van der Waals surface area contributed by atoms with Gasteiger partial charge in [-0.2, -0.15) is 0 Å². The third-order valence-corrected chi connectivity index (χ3v) is 4.24. The highest BCUT2D eigenvalue weighted by Gasteiger charge is 2.14. The van der Waals surface area contributed by atoms with Crippen molar-refractivity contribution in [3.8, 4) is 5.75 Å². The summed E-state index contributed by atoms with van der Waals surface area (Å²) in [5.74, 6) is 0.643. The molecule has 3 rings (SSSR count). The number of amides is 1. The van der Waals surface area contributed by atoms with Crippen LogP contribution in [0.15, 0.2) is 54.7 Å². The number of carbonyl (C=O) groups is 1. The van der Waals surface area contributed by atoms with Gasteiger partial charge in [0.15, 0.2) is 0 Å². The summed E-state index contributed by atoms with van der Waals surface area (Å²) in [6.45, 7) is -0.0949. The molecule has 1 amide bonds. The smallest absolute Gasteiger partial charge is 0.224 e. The maximum Gasteiger partial charge on any atom is 0.224 e. The van der Waals surface area contributed by atoms with Crippen LogP contribution >= 0.6 is 0 Å². The van der Waals surface area contributed by atoms with E-state index in [1.54, 1.807) is 7.11 Å². The number of benzene rings is 2. The third kappa shape index (κ3) is 4.19. The molecule has 1 unspecified atom stereocenters. The molecule has 0 aliphatic rings. The van der Waals surface area contributed by atoms with Gasteiger partial charge in [0.2, 0.25) is 5.91 Å². The summed E-state index contributed by atoms with van der Waals surface area (Å²) >= 11 is 0. The molecule has 0 spiro atoms. The van der Waals surface area contributed by atoms with Crippen molar-refractivity contribution in [3.63, 3.8) is 0 Å². The molecule has 2 aromatic carbocycles. The van der Waals surface area contributed by atoms with E-state index < -0.39 is 0 Å². The van der Waals surface area contributed by atoms with Crippen LogP contribution in [0, 0.1) is 0 Å². The Hall–Kier alpha value is -2.79. The SMILES string of the molecule is COc1ccc2[nH]cc(CC(=O)NC(CO)Cc3ccccc3)c2c1. The summed E-state index contributed by atoms with van der Waals surface area (Å²) in [5.41, 5.74) is 2.95. The fourth-order valence-corrected chi connectivity index (χ4v) is 2.94. The first-order chi connectivity index (χ1) is 12.2. The fourth-order valence-electron chi connectivity index (χ4n) is 2.94. The summed E-state index contributed by atoms with van der Waals surface area (Å²) in [7, 11) is 1.62. The Labute approximate surface area is 146 Å². The number of methoxy groups -OCH3 is 1. The van der Waals surface area contributed by atoms with Crippen LogP contribution in [-0.4, -0.2) is 35.8 Å². The number of carbonyl (C=O) groups excluding carboxylic acids is 1. The molecule has 5 heteroatoms. The van der Waals surface area contributed by atoms with Gasteiger partial charge in [-0.1, -0.05) is 30.3 Å². The lowest BCUT2D eigenvalue weighted by atomic mass is 10.1. The predicted molar refractivity (Wildman–Crippen MR) is 97.7 cm³/mol. The molecule has 130 valence electrons. The first-order valence-electron chi connectivity index (χ1n) is 8.27. The van der Waals surface area contributed by atoms with Crippen molar-refractivity contribution in [2.24, 2.45) is 0 Å². The molecular weight excluding hydrogens is 316 g/mol. The molecule has 1 aromatic heterocycles. The number of hydrogen-bond acceptors (Lipinski definition) is 3. The highest BCUT2D eigenvalue weighted by molar-refractivity contribution is 5.89. The number of H-pyrrole nitrogens is 1. The number of fused-ring (bicyclic) bond motifs is 1. The number of aliphatic hydroxyl groups excluding tert-OH is 1. The average molecular weight is 338 g/mol. The average Bonchev–Trinajstić information content (AvgIpc) is 3.03. The highest BCUT2D eigenvalue weighted by Crippen LogP contribution is 2.24. The Bertz CT molecular complexity index is 843. The quantitative estimate of drug-likeness (QED) is 0.619. The number of ether oxygens (including phenoxy) is 1. The summed E-state index contributed by atoms with van der Waals surface area (Å²) in [4.78, 5) is 15.6. The lowest BCUT2D eigenvalue weighted by Crippen LogP contribution is -2.39. The van der Waals surface area contributed by atoms with E-state index in [1.807, 2.05) is 54.7 Å². The second-order valence-corrected chi connectivity index (χ2v) is 6.04. The molecule has 0 saturated carbocycles. The van der Waals surface area contributed by atoms with Gasteiger partial charge in [0.1, 0.15) is 5.75 Å². The first-order valence-corrected chi connectivity index (χ1v) is 8.27.